The standard InChI is InChI=1S/C8H16F2O.C8H18O/c1-3-7(9)5-11-6-8(10)4-2;1-3-5-7-9-8-6-4-2/h7-8H,3-6H2,1-2H3;3-8H2,1-2H3. The van der Waals surface area contributed by atoms with Gasteiger partial charge in [0, 0.05) is 13.2 Å². The summed E-state index contributed by atoms with van der Waals surface area (Å²) in [6.07, 6.45) is 3.88. The maximum atomic E-state index is 12.4. The van der Waals surface area contributed by atoms with Gasteiger partial charge in [-0.3, -0.25) is 0 Å². The van der Waals surface area contributed by atoms with Gasteiger partial charge in [0.25, 0.3) is 0 Å². The average molecular weight is 296 g/mol. The molecule has 0 aliphatic heterocycles. The van der Waals surface area contributed by atoms with Crippen LogP contribution in [0.15, 0.2) is 0 Å². The van der Waals surface area contributed by atoms with Gasteiger partial charge < -0.3 is 9.47 Å². The third kappa shape index (κ3) is 20.1. The van der Waals surface area contributed by atoms with Crippen LogP contribution >= 0.6 is 0 Å². The van der Waals surface area contributed by atoms with Crippen molar-refractivity contribution in [3.05, 3.63) is 0 Å². The second kappa shape index (κ2) is 18.8. The zero-order chi connectivity index (χ0) is 15.6. The van der Waals surface area contributed by atoms with E-state index in [2.05, 4.69) is 13.8 Å². The predicted octanol–water partition coefficient (Wildman–Crippen LogP) is 5.10. The molecule has 0 saturated carbocycles. The van der Waals surface area contributed by atoms with E-state index in [4.69, 9.17) is 9.47 Å². The minimum absolute atomic E-state index is 0.0247. The Balaban J connectivity index is 0. The van der Waals surface area contributed by atoms with E-state index in [0.29, 0.717) is 12.8 Å². The molecule has 0 heterocycles. The molecule has 0 saturated heterocycles. The number of alkyl halides is 2. The summed E-state index contributed by atoms with van der Waals surface area (Å²) >= 11 is 0. The molecule has 20 heavy (non-hydrogen) atoms. The van der Waals surface area contributed by atoms with Gasteiger partial charge in [0.1, 0.15) is 12.3 Å². The molecule has 2 unspecified atom stereocenters. The van der Waals surface area contributed by atoms with Gasteiger partial charge in [0.05, 0.1) is 13.2 Å². The average Bonchev–Trinajstić information content (AvgIpc) is 2.47. The molecule has 0 N–H and O–H groups in total. The van der Waals surface area contributed by atoms with Gasteiger partial charge in [0.15, 0.2) is 0 Å². The van der Waals surface area contributed by atoms with Crippen molar-refractivity contribution in [2.75, 3.05) is 26.4 Å². The highest BCUT2D eigenvalue weighted by Gasteiger charge is 2.06. The second-order valence-corrected chi connectivity index (χ2v) is 4.87. The molecule has 0 aliphatic carbocycles. The zero-order valence-electron chi connectivity index (χ0n) is 13.8. The fourth-order valence-electron chi connectivity index (χ4n) is 1.15. The van der Waals surface area contributed by atoms with Crippen LogP contribution in [0.25, 0.3) is 0 Å². The van der Waals surface area contributed by atoms with E-state index in [1.807, 2.05) is 0 Å². The fourth-order valence-corrected chi connectivity index (χ4v) is 1.15. The summed E-state index contributed by atoms with van der Waals surface area (Å²) < 4.78 is 35.0. The monoisotopic (exact) mass is 296 g/mol. The summed E-state index contributed by atoms with van der Waals surface area (Å²) in [6, 6.07) is 0. The third-order valence-corrected chi connectivity index (χ3v) is 2.77. The predicted molar refractivity (Wildman–Crippen MR) is 81.8 cm³/mol. The van der Waals surface area contributed by atoms with Crippen LogP contribution in [0.1, 0.15) is 66.2 Å². The van der Waals surface area contributed by atoms with Gasteiger partial charge in [-0.25, -0.2) is 8.78 Å². The van der Waals surface area contributed by atoms with Crippen molar-refractivity contribution in [1.82, 2.24) is 0 Å². The summed E-state index contributed by atoms with van der Waals surface area (Å²) in [5, 5.41) is 0. The summed E-state index contributed by atoms with van der Waals surface area (Å²) in [7, 11) is 0. The van der Waals surface area contributed by atoms with Crippen LogP contribution in [0.3, 0.4) is 0 Å². The number of unbranched alkanes of at least 4 members (excludes halogenated alkanes) is 2. The number of rotatable bonds is 12. The van der Waals surface area contributed by atoms with Crippen molar-refractivity contribution in [3.8, 4) is 0 Å². The second-order valence-electron chi connectivity index (χ2n) is 4.87. The molecule has 0 amide bonds. The molecule has 2 nitrogen and oxygen atoms in total. The lowest BCUT2D eigenvalue weighted by atomic mass is 10.3. The molecule has 0 rings (SSSR count). The molecular formula is C16H34F2O2. The van der Waals surface area contributed by atoms with Gasteiger partial charge in [0.2, 0.25) is 0 Å². The maximum absolute atomic E-state index is 12.4. The molecule has 124 valence electrons. The highest BCUT2D eigenvalue weighted by molar-refractivity contribution is 4.53. The van der Waals surface area contributed by atoms with Crippen molar-refractivity contribution in [1.29, 1.82) is 0 Å². The largest absolute Gasteiger partial charge is 0.381 e. The highest BCUT2D eigenvalue weighted by atomic mass is 19.1. The highest BCUT2D eigenvalue weighted by Crippen LogP contribution is 2.01. The fraction of sp³-hybridized carbons (Fsp3) is 1.00. The molecule has 2 atom stereocenters. The lowest BCUT2D eigenvalue weighted by Gasteiger charge is -2.08. The molecule has 0 aliphatic rings. The van der Waals surface area contributed by atoms with Crippen LogP contribution in [0.5, 0.6) is 0 Å². The lowest BCUT2D eigenvalue weighted by Crippen LogP contribution is -2.15. The van der Waals surface area contributed by atoms with E-state index < -0.39 is 12.3 Å². The Labute approximate surface area is 124 Å². The number of hydrogen-bond acceptors (Lipinski definition) is 2. The van der Waals surface area contributed by atoms with Crippen LogP contribution in [0, 0.1) is 0 Å². The third-order valence-electron chi connectivity index (χ3n) is 2.77. The first-order valence-corrected chi connectivity index (χ1v) is 8.05. The van der Waals surface area contributed by atoms with Gasteiger partial charge in [-0.1, -0.05) is 40.5 Å². The first-order chi connectivity index (χ1) is 9.62. The van der Waals surface area contributed by atoms with Crippen LogP contribution < -0.4 is 0 Å². The van der Waals surface area contributed by atoms with Crippen molar-refractivity contribution < 1.29 is 18.3 Å². The first kappa shape index (κ1) is 22.1. The SMILES string of the molecule is CCC(F)COCC(F)CC.CCCCOCCCC. The Morgan fingerprint density at radius 3 is 1.40 bits per heavy atom. The Kier molecular flexibility index (Phi) is 20.7. The van der Waals surface area contributed by atoms with Crippen molar-refractivity contribution >= 4 is 0 Å². The molecule has 0 aromatic heterocycles. The Bertz CT molecular complexity index is 153. The van der Waals surface area contributed by atoms with E-state index >= 15 is 0 Å². The Morgan fingerprint density at radius 1 is 0.700 bits per heavy atom. The van der Waals surface area contributed by atoms with Gasteiger partial charge >= 0.3 is 0 Å². The van der Waals surface area contributed by atoms with Crippen LogP contribution in [0.2, 0.25) is 0 Å². The molecule has 0 spiro atoms. The molecule has 0 aromatic rings. The van der Waals surface area contributed by atoms with E-state index in [9.17, 15) is 8.78 Å². The van der Waals surface area contributed by atoms with Crippen LogP contribution in [0.4, 0.5) is 8.78 Å². The minimum atomic E-state index is -0.945. The molecular weight excluding hydrogens is 262 g/mol. The summed E-state index contributed by atoms with van der Waals surface area (Å²) in [6.45, 7) is 9.80. The maximum Gasteiger partial charge on any atom is 0.123 e. The topological polar surface area (TPSA) is 18.5 Å². The number of hydrogen-bond donors (Lipinski definition) is 0. The number of halogens is 2. The van der Waals surface area contributed by atoms with E-state index in [-0.39, 0.29) is 13.2 Å². The summed E-state index contributed by atoms with van der Waals surface area (Å²) in [5.74, 6) is 0. The van der Waals surface area contributed by atoms with Gasteiger partial charge in [-0.15, -0.1) is 0 Å². The normalized spacial score (nSPS) is 13.5. The summed E-state index contributed by atoms with van der Waals surface area (Å²) in [5.41, 5.74) is 0. The molecule has 0 aromatic carbocycles. The molecule has 0 radical (unpaired) electrons. The quantitative estimate of drug-likeness (QED) is 0.466. The van der Waals surface area contributed by atoms with E-state index in [1.165, 1.54) is 25.7 Å². The van der Waals surface area contributed by atoms with Gasteiger partial charge in [-0.05, 0) is 25.7 Å². The molecule has 0 fully saturated rings. The summed E-state index contributed by atoms with van der Waals surface area (Å²) in [4.78, 5) is 0. The Morgan fingerprint density at radius 2 is 1.10 bits per heavy atom. The lowest BCUT2D eigenvalue weighted by molar-refractivity contribution is 0.0434. The van der Waals surface area contributed by atoms with Crippen molar-refractivity contribution in [2.24, 2.45) is 0 Å². The number of ether oxygens (including phenoxy) is 2. The van der Waals surface area contributed by atoms with Crippen molar-refractivity contribution in [3.63, 3.8) is 0 Å². The Hall–Kier alpha value is -0.220. The van der Waals surface area contributed by atoms with E-state index in [0.717, 1.165) is 13.2 Å². The van der Waals surface area contributed by atoms with Crippen molar-refractivity contribution in [2.45, 2.75) is 78.6 Å². The van der Waals surface area contributed by atoms with Crippen LogP contribution in [-0.2, 0) is 9.47 Å². The zero-order valence-corrected chi connectivity index (χ0v) is 13.8. The van der Waals surface area contributed by atoms with E-state index in [1.54, 1.807) is 13.8 Å². The minimum Gasteiger partial charge on any atom is -0.381 e. The smallest absolute Gasteiger partial charge is 0.123 e. The van der Waals surface area contributed by atoms with Gasteiger partial charge in [-0.2, -0.15) is 0 Å². The first-order valence-electron chi connectivity index (χ1n) is 8.05. The molecule has 0 bridgehead atoms. The van der Waals surface area contributed by atoms with Crippen LogP contribution in [-0.4, -0.2) is 38.8 Å². The molecule has 4 heteroatoms.